The summed E-state index contributed by atoms with van der Waals surface area (Å²) >= 11 is 0. The molecule has 186 valence electrons. The van der Waals surface area contributed by atoms with Crippen LogP contribution in [0.25, 0.3) is 11.1 Å². The number of ether oxygens (including phenoxy) is 1. The van der Waals surface area contributed by atoms with E-state index in [1.54, 1.807) is 0 Å². The highest BCUT2D eigenvalue weighted by Gasteiger charge is 2.32. The van der Waals surface area contributed by atoms with Gasteiger partial charge in [0.15, 0.2) is 0 Å². The molecule has 1 fully saturated rings. The van der Waals surface area contributed by atoms with Gasteiger partial charge in [-0.1, -0.05) is 55.0 Å². The largest absolute Gasteiger partial charge is 0.481 e. The second-order valence-corrected chi connectivity index (χ2v) is 9.73. The number of carbonyl (C=O) groups excluding carboxylic acids is 2. The van der Waals surface area contributed by atoms with Crippen LogP contribution in [0.4, 0.5) is 4.79 Å². The summed E-state index contributed by atoms with van der Waals surface area (Å²) in [4.78, 5) is 36.1. The highest BCUT2D eigenvalue weighted by Crippen LogP contribution is 2.44. The van der Waals surface area contributed by atoms with Crippen molar-refractivity contribution in [1.29, 1.82) is 0 Å². The van der Waals surface area contributed by atoms with E-state index in [-0.39, 0.29) is 49.3 Å². The van der Waals surface area contributed by atoms with Gasteiger partial charge in [0.2, 0.25) is 5.91 Å². The van der Waals surface area contributed by atoms with Gasteiger partial charge in [-0.25, -0.2) is 4.79 Å². The lowest BCUT2D eigenvalue weighted by atomic mass is 9.78. The third-order valence-electron chi connectivity index (χ3n) is 7.21. The fourth-order valence-corrected chi connectivity index (χ4v) is 5.13. The molecule has 2 aliphatic rings. The average molecular weight is 479 g/mol. The van der Waals surface area contributed by atoms with E-state index >= 15 is 0 Å². The summed E-state index contributed by atoms with van der Waals surface area (Å²) < 4.78 is 5.69. The molecular weight excluding hydrogens is 444 g/mol. The molecule has 0 aliphatic heterocycles. The molecule has 2 amide bonds. The molecule has 0 aromatic heterocycles. The van der Waals surface area contributed by atoms with E-state index in [9.17, 15) is 14.4 Å². The van der Waals surface area contributed by atoms with Crippen molar-refractivity contribution in [3.05, 3.63) is 59.7 Å². The SMILES string of the molecule is CC(CCCC(=O)O)NC(=O)CC(NC(=O)OCC1c2ccccc2-c2ccccc21)C1CCC1. The van der Waals surface area contributed by atoms with E-state index in [0.29, 0.717) is 12.8 Å². The van der Waals surface area contributed by atoms with Crippen LogP contribution < -0.4 is 10.6 Å². The minimum absolute atomic E-state index is 0.00902. The van der Waals surface area contributed by atoms with Gasteiger partial charge in [-0.2, -0.15) is 0 Å². The summed E-state index contributed by atoms with van der Waals surface area (Å²) in [7, 11) is 0. The fraction of sp³-hybridized carbons (Fsp3) is 0.464. The third kappa shape index (κ3) is 6.21. The molecule has 2 aliphatic carbocycles. The second-order valence-electron chi connectivity index (χ2n) is 9.73. The molecule has 3 N–H and O–H groups in total. The molecule has 7 nitrogen and oxygen atoms in total. The van der Waals surface area contributed by atoms with E-state index in [2.05, 4.69) is 34.9 Å². The van der Waals surface area contributed by atoms with Crippen LogP contribution in [-0.4, -0.2) is 41.8 Å². The predicted octanol–water partition coefficient (Wildman–Crippen LogP) is 4.84. The van der Waals surface area contributed by atoms with Gasteiger partial charge in [0.25, 0.3) is 0 Å². The first-order valence-electron chi connectivity index (χ1n) is 12.5. The van der Waals surface area contributed by atoms with Crippen molar-refractivity contribution in [3.8, 4) is 11.1 Å². The van der Waals surface area contributed by atoms with Crippen LogP contribution in [0.1, 0.15) is 68.9 Å². The molecular formula is C28H34N2O5. The summed E-state index contributed by atoms with van der Waals surface area (Å²) in [6, 6.07) is 16.0. The van der Waals surface area contributed by atoms with Gasteiger partial charge in [0.1, 0.15) is 6.61 Å². The maximum absolute atomic E-state index is 12.8. The third-order valence-corrected chi connectivity index (χ3v) is 7.21. The van der Waals surface area contributed by atoms with Crippen molar-refractivity contribution in [3.63, 3.8) is 0 Å². The Hall–Kier alpha value is -3.35. The molecule has 4 rings (SSSR count). The van der Waals surface area contributed by atoms with Crippen LogP contribution >= 0.6 is 0 Å². The zero-order valence-electron chi connectivity index (χ0n) is 20.2. The Morgan fingerprint density at radius 1 is 1.00 bits per heavy atom. The molecule has 2 atom stereocenters. The number of benzene rings is 2. The molecule has 0 spiro atoms. The second kappa shape index (κ2) is 11.4. The highest BCUT2D eigenvalue weighted by molar-refractivity contribution is 5.79. The number of carboxylic acid groups (broad SMARTS) is 1. The van der Waals surface area contributed by atoms with E-state index in [1.807, 2.05) is 31.2 Å². The minimum Gasteiger partial charge on any atom is -0.481 e. The molecule has 2 unspecified atom stereocenters. The van der Waals surface area contributed by atoms with E-state index in [1.165, 1.54) is 11.1 Å². The summed E-state index contributed by atoms with van der Waals surface area (Å²) in [5.41, 5.74) is 4.68. The standard InChI is InChI=1S/C28H34N2O5/c1-18(8-6-15-27(32)33)29-26(31)16-25(19-9-7-10-19)30-28(34)35-17-24-22-13-4-2-11-20(22)21-12-3-5-14-23(21)24/h2-5,11-14,18-19,24-25H,6-10,15-17H2,1H3,(H,29,31)(H,30,34)(H,32,33). The number of hydrogen-bond acceptors (Lipinski definition) is 4. The minimum atomic E-state index is -0.833. The Balaban J connectivity index is 1.31. The average Bonchev–Trinajstić information content (AvgIpc) is 3.10. The number of carbonyl (C=O) groups is 3. The Morgan fingerprint density at radius 3 is 2.20 bits per heavy atom. The van der Waals surface area contributed by atoms with Crippen molar-refractivity contribution in [2.45, 2.75) is 69.9 Å². The monoisotopic (exact) mass is 478 g/mol. The van der Waals surface area contributed by atoms with Crippen molar-refractivity contribution >= 4 is 18.0 Å². The van der Waals surface area contributed by atoms with E-state index in [0.717, 1.165) is 30.4 Å². The number of rotatable bonds is 11. The van der Waals surface area contributed by atoms with Crippen molar-refractivity contribution in [2.24, 2.45) is 5.92 Å². The van der Waals surface area contributed by atoms with Gasteiger partial charge < -0.3 is 20.5 Å². The number of amides is 2. The smallest absolute Gasteiger partial charge is 0.407 e. The van der Waals surface area contributed by atoms with Crippen LogP contribution in [-0.2, 0) is 14.3 Å². The highest BCUT2D eigenvalue weighted by atomic mass is 16.5. The number of aliphatic carboxylic acids is 1. The van der Waals surface area contributed by atoms with Crippen molar-refractivity contribution < 1.29 is 24.2 Å². The van der Waals surface area contributed by atoms with Crippen LogP contribution in [0.3, 0.4) is 0 Å². The number of nitrogens with one attached hydrogen (secondary N) is 2. The number of fused-ring (bicyclic) bond motifs is 3. The lowest BCUT2D eigenvalue weighted by Gasteiger charge is -2.34. The summed E-state index contributed by atoms with van der Waals surface area (Å²) in [5.74, 6) is -0.710. The first-order valence-corrected chi connectivity index (χ1v) is 12.5. The lowest BCUT2D eigenvalue weighted by molar-refractivity contribution is -0.137. The van der Waals surface area contributed by atoms with Crippen molar-refractivity contribution in [2.75, 3.05) is 6.61 Å². The quantitative estimate of drug-likeness (QED) is 0.429. The zero-order chi connectivity index (χ0) is 24.8. The first-order chi connectivity index (χ1) is 16.9. The van der Waals surface area contributed by atoms with Crippen LogP contribution in [0.15, 0.2) is 48.5 Å². The molecule has 0 bridgehead atoms. The zero-order valence-corrected chi connectivity index (χ0v) is 20.2. The van der Waals surface area contributed by atoms with Crippen molar-refractivity contribution in [1.82, 2.24) is 10.6 Å². The van der Waals surface area contributed by atoms with Crippen LogP contribution in [0.5, 0.6) is 0 Å². The molecule has 0 saturated heterocycles. The molecule has 0 heterocycles. The van der Waals surface area contributed by atoms with Gasteiger partial charge >= 0.3 is 12.1 Å². The summed E-state index contributed by atoms with van der Waals surface area (Å²) in [6.07, 6.45) is 3.97. The fourth-order valence-electron chi connectivity index (χ4n) is 5.13. The summed E-state index contributed by atoms with van der Waals surface area (Å²) in [6.45, 7) is 2.11. The Bertz CT molecular complexity index is 1020. The Morgan fingerprint density at radius 2 is 1.63 bits per heavy atom. The molecule has 7 heteroatoms. The topological polar surface area (TPSA) is 105 Å². The number of carboxylic acids is 1. The normalized spacial score (nSPS) is 16.4. The lowest BCUT2D eigenvalue weighted by Crippen LogP contribution is -2.47. The van der Waals surface area contributed by atoms with Gasteiger partial charge in [0, 0.05) is 30.8 Å². The Kier molecular flexibility index (Phi) is 8.06. The van der Waals surface area contributed by atoms with Crippen LogP contribution in [0, 0.1) is 5.92 Å². The van der Waals surface area contributed by atoms with Gasteiger partial charge in [-0.05, 0) is 60.8 Å². The van der Waals surface area contributed by atoms with Crippen LogP contribution in [0.2, 0.25) is 0 Å². The molecule has 2 aromatic carbocycles. The number of hydrogen-bond donors (Lipinski definition) is 3. The summed E-state index contributed by atoms with van der Waals surface area (Å²) in [5, 5.41) is 14.7. The number of alkyl carbamates (subject to hydrolysis) is 1. The first kappa shape index (κ1) is 24.8. The molecule has 1 saturated carbocycles. The maximum Gasteiger partial charge on any atom is 0.407 e. The molecule has 2 aromatic rings. The van der Waals surface area contributed by atoms with E-state index < -0.39 is 12.1 Å². The van der Waals surface area contributed by atoms with Gasteiger partial charge in [0.05, 0.1) is 0 Å². The van der Waals surface area contributed by atoms with Gasteiger partial charge in [-0.15, -0.1) is 0 Å². The molecule has 0 radical (unpaired) electrons. The predicted molar refractivity (Wildman–Crippen MR) is 133 cm³/mol. The van der Waals surface area contributed by atoms with Gasteiger partial charge in [-0.3, -0.25) is 9.59 Å². The molecule has 35 heavy (non-hydrogen) atoms. The van der Waals surface area contributed by atoms with E-state index in [4.69, 9.17) is 9.84 Å². The maximum atomic E-state index is 12.8. The Labute approximate surface area is 206 Å².